The molecule has 2 amide bonds. The molecule has 1 saturated heterocycles. The average molecular weight is 375 g/mol. The molecule has 2 heterocycles. The molecule has 7 nitrogen and oxygen atoms in total. The van der Waals surface area contributed by atoms with E-state index in [1.54, 1.807) is 30.5 Å². The lowest BCUT2D eigenvalue weighted by Gasteiger charge is -2.28. The molecule has 0 radical (unpaired) electrons. The number of aromatic nitrogens is 2. The molecule has 1 aromatic heterocycles. The molecule has 26 heavy (non-hydrogen) atoms. The summed E-state index contributed by atoms with van der Waals surface area (Å²) < 4.78 is 0. The van der Waals surface area contributed by atoms with Crippen LogP contribution in [0.5, 0.6) is 0 Å². The van der Waals surface area contributed by atoms with Gasteiger partial charge in [0.25, 0.3) is 0 Å². The molecule has 3 rings (SSSR count). The van der Waals surface area contributed by atoms with E-state index in [4.69, 9.17) is 11.6 Å². The number of carbonyl (C=O) groups is 1. The maximum absolute atomic E-state index is 12.3. The van der Waals surface area contributed by atoms with Crippen LogP contribution in [0.4, 0.5) is 27.9 Å². The number of carbonyl (C=O) groups excluding carboxylic acids is 1. The molecule has 1 aliphatic rings. The Morgan fingerprint density at radius 2 is 1.81 bits per heavy atom. The van der Waals surface area contributed by atoms with Crippen LogP contribution in [0.25, 0.3) is 0 Å². The van der Waals surface area contributed by atoms with Gasteiger partial charge in [-0.2, -0.15) is 4.98 Å². The Kier molecular flexibility index (Phi) is 5.78. The zero-order valence-corrected chi connectivity index (χ0v) is 15.8. The van der Waals surface area contributed by atoms with Crippen molar-refractivity contribution in [2.45, 2.75) is 19.3 Å². The highest BCUT2D eigenvalue weighted by Crippen LogP contribution is 2.25. The molecule has 8 heteroatoms. The van der Waals surface area contributed by atoms with Crippen molar-refractivity contribution >= 4 is 40.8 Å². The first kappa shape index (κ1) is 18.3. The highest BCUT2D eigenvalue weighted by atomic mass is 35.5. The third kappa shape index (κ3) is 4.54. The number of hydrogen-bond donors (Lipinski definition) is 2. The monoisotopic (exact) mass is 374 g/mol. The molecule has 0 unspecified atom stereocenters. The molecule has 0 saturated carbocycles. The summed E-state index contributed by atoms with van der Waals surface area (Å²) >= 11 is 5.86. The SMILES string of the molecule is CN(C)c1nc(N2CCCCC2)ncc1NC(=O)Nc1ccc(Cl)cc1. The van der Waals surface area contributed by atoms with Crippen LogP contribution in [0.1, 0.15) is 19.3 Å². The van der Waals surface area contributed by atoms with Crippen molar-refractivity contribution in [2.75, 3.05) is 47.6 Å². The summed E-state index contributed by atoms with van der Waals surface area (Å²) in [4.78, 5) is 25.4. The molecule has 2 aromatic rings. The van der Waals surface area contributed by atoms with Gasteiger partial charge in [0.15, 0.2) is 5.82 Å². The van der Waals surface area contributed by atoms with E-state index in [1.807, 2.05) is 19.0 Å². The van der Waals surface area contributed by atoms with Crippen molar-refractivity contribution in [3.8, 4) is 0 Å². The van der Waals surface area contributed by atoms with E-state index in [0.29, 0.717) is 28.2 Å². The van der Waals surface area contributed by atoms with Crippen LogP contribution >= 0.6 is 11.6 Å². The summed E-state index contributed by atoms with van der Waals surface area (Å²) in [5.41, 5.74) is 1.21. The minimum Gasteiger partial charge on any atom is -0.361 e. The van der Waals surface area contributed by atoms with Crippen molar-refractivity contribution in [2.24, 2.45) is 0 Å². The Bertz CT molecular complexity index is 759. The molecule has 1 fully saturated rings. The van der Waals surface area contributed by atoms with Crippen LogP contribution < -0.4 is 20.4 Å². The second kappa shape index (κ2) is 8.23. The van der Waals surface area contributed by atoms with Gasteiger partial charge in [0, 0.05) is 37.9 Å². The first-order chi connectivity index (χ1) is 12.5. The summed E-state index contributed by atoms with van der Waals surface area (Å²) in [5.74, 6) is 1.38. The van der Waals surface area contributed by atoms with Crippen LogP contribution in [0, 0.1) is 0 Å². The van der Waals surface area contributed by atoms with E-state index < -0.39 is 0 Å². The van der Waals surface area contributed by atoms with E-state index >= 15 is 0 Å². The van der Waals surface area contributed by atoms with Gasteiger partial charge in [-0.05, 0) is 43.5 Å². The van der Waals surface area contributed by atoms with E-state index in [0.717, 1.165) is 25.9 Å². The van der Waals surface area contributed by atoms with Crippen LogP contribution in [-0.2, 0) is 0 Å². The lowest BCUT2D eigenvalue weighted by molar-refractivity contribution is 0.262. The minimum atomic E-state index is -0.357. The van der Waals surface area contributed by atoms with Crippen LogP contribution in [0.3, 0.4) is 0 Å². The molecule has 0 spiro atoms. The van der Waals surface area contributed by atoms with E-state index in [2.05, 4.69) is 25.5 Å². The van der Waals surface area contributed by atoms with Crippen molar-refractivity contribution in [1.82, 2.24) is 9.97 Å². The Morgan fingerprint density at radius 1 is 1.12 bits per heavy atom. The topological polar surface area (TPSA) is 73.4 Å². The molecule has 2 N–H and O–H groups in total. The summed E-state index contributed by atoms with van der Waals surface area (Å²) in [6.45, 7) is 1.94. The molecular weight excluding hydrogens is 352 g/mol. The lowest BCUT2D eigenvalue weighted by Crippen LogP contribution is -2.31. The highest BCUT2D eigenvalue weighted by Gasteiger charge is 2.17. The standard InChI is InChI=1S/C18H23ClN6O/c1-24(2)16-15(12-20-17(23-16)25-10-4-3-5-11-25)22-18(26)21-14-8-6-13(19)7-9-14/h6-9,12H,3-5,10-11H2,1-2H3,(H2,21,22,26). The largest absolute Gasteiger partial charge is 0.361 e. The number of urea groups is 1. The number of hydrogen-bond acceptors (Lipinski definition) is 5. The third-order valence-electron chi connectivity index (χ3n) is 4.17. The predicted molar refractivity (Wildman–Crippen MR) is 107 cm³/mol. The molecule has 0 bridgehead atoms. The van der Waals surface area contributed by atoms with Gasteiger partial charge in [-0.15, -0.1) is 0 Å². The summed E-state index contributed by atoms with van der Waals surface area (Å²) in [6, 6.07) is 6.57. The number of amides is 2. The van der Waals surface area contributed by atoms with Gasteiger partial charge in [0.05, 0.1) is 6.20 Å². The molecule has 1 aliphatic heterocycles. The maximum atomic E-state index is 12.3. The van der Waals surface area contributed by atoms with Gasteiger partial charge in [-0.3, -0.25) is 0 Å². The quantitative estimate of drug-likeness (QED) is 0.850. The van der Waals surface area contributed by atoms with Crippen molar-refractivity contribution < 1.29 is 4.79 Å². The molecule has 0 atom stereocenters. The fourth-order valence-electron chi connectivity index (χ4n) is 2.86. The van der Waals surface area contributed by atoms with Gasteiger partial charge >= 0.3 is 6.03 Å². The molecular formula is C18H23ClN6O. The summed E-state index contributed by atoms with van der Waals surface area (Å²) in [6.07, 6.45) is 5.23. The van der Waals surface area contributed by atoms with Crippen LogP contribution in [-0.4, -0.2) is 43.2 Å². The fraction of sp³-hybridized carbons (Fsp3) is 0.389. The van der Waals surface area contributed by atoms with E-state index in [9.17, 15) is 4.79 Å². The number of nitrogens with zero attached hydrogens (tertiary/aromatic N) is 4. The van der Waals surface area contributed by atoms with Crippen molar-refractivity contribution in [3.63, 3.8) is 0 Å². The van der Waals surface area contributed by atoms with Crippen LogP contribution in [0.2, 0.25) is 5.02 Å². The number of benzene rings is 1. The predicted octanol–water partition coefficient (Wildman–Crippen LogP) is 3.83. The van der Waals surface area contributed by atoms with Crippen molar-refractivity contribution in [3.05, 3.63) is 35.5 Å². The number of piperidine rings is 1. The second-order valence-corrected chi connectivity index (χ2v) is 6.87. The number of halogens is 1. The molecule has 1 aromatic carbocycles. The fourth-order valence-corrected chi connectivity index (χ4v) is 2.98. The van der Waals surface area contributed by atoms with Crippen molar-refractivity contribution in [1.29, 1.82) is 0 Å². The number of nitrogens with one attached hydrogen (secondary N) is 2. The van der Waals surface area contributed by atoms with E-state index in [-0.39, 0.29) is 6.03 Å². The van der Waals surface area contributed by atoms with Crippen LogP contribution in [0.15, 0.2) is 30.5 Å². The maximum Gasteiger partial charge on any atom is 0.323 e. The van der Waals surface area contributed by atoms with Gasteiger partial charge in [-0.25, -0.2) is 9.78 Å². The zero-order chi connectivity index (χ0) is 18.5. The normalized spacial score (nSPS) is 14.0. The summed E-state index contributed by atoms with van der Waals surface area (Å²) in [5, 5.41) is 6.20. The first-order valence-electron chi connectivity index (χ1n) is 8.66. The number of anilines is 4. The summed E-state index contributed by atoms with van der Waals surface area (Å²) in [7, 11) is 3.79. The smallest absolute Gasteiger partial charge is 0.323 e. The number of rotatable bonds is 4. The Morgan fingerprint density at radius 3 is 2.46 bits per heavy atom. The minimum absolute atomic E-state index is 0.357. The van der Waals surface area contributed by atoms with E-state index in [1.165, 1.54) is 6.42 Å². The third-order valence-corrected chi connectivity index (χ3v) is 4.42. The highest BCUT2D eigenvalue weighted by molar-refractivity contribution is 6.30. The van der Waals surface area contributed by atoms with Gasteiger partial charge < -0.3 is 20.4 Å². The second-order valence-electron chi connectivity index (χ2n) is 6.44. The lowest BCUT2D eigenvalue weighted by atomic mass is 10.1. The average Bonchev–Trinajstić information content (AvgIpc) is 2.64. The first-order valence-corrected chi connectivity index (χ1v) is 9.03. The zero-order valence-electron chi connectivity index (χ0n) is 15.0. The Balaban J connectivity index is 1.73. The van der Waals surface area contributed by atoms with Gasteiger partial charge in [0.2, 0.25) is 5.95 Å². The molecule has 0 aliphatic carbocycles. The Hall–Kier alpha value is -2.54. The Labute approximate surface area is 158 Å². The van der Waals surface area contributed by atoms with Gasteiger partial charge in [-0.1, -0.05) is 11.6 Å². The van der Waals surface area contributed by atoms with Gasteiger partial charge in [0.1, 0.15) is 5.69 Å². The molecule has 138 valence electrons.